The highest BCUT2D eigenvalue weighted by Crippen LogP contribution is 2.33. The molecule has 3 heterocycles. The molecule has 0 aromatic heterocycles. The lowest BCUT2D eigenvalue weighted by Crippen LogP contribution is -2.39. The van der Waals surface area contributed by atoms with Gasteiger partial charge in [0.2, 0.25) is 5.91 Å². The Morgan fingerprint density at radius 2 is 1.76 bits per heavy atom. The predicted octanol–water partition coefficient (Wildman–Crippen LogP) is 2.04. The molecule has 3 fully saturated rings. The van der Waals surface area contributed by atoms with E-state index in [1.54, 1.807) is 13.8 Å². The fourth-order valence-electron chi connectivity index (χ4n) is 4.49. The third-order valence-corrected chi connectivity index (χ3v) is 8.59. The second-order valence-corrected chi connectivity index (χ2v) is 12.4. The Balaban J connectivity index is 1.25. The molecule has 0 aromatic carbocycles. The van der Waals surface area contributed by atoms with Gasteiger partial charge in [-0.05, 0) is 53.4 Å². The van der Waals surface area contributed by atoms with Crippen LogP contribution < -0.4 is 16.0 Å². The Bertz CT molecular complexity index is 878. The van der Waals surface area contributed by atoms with Crippen molar-refractivity contribution in [2.24, 2.45) is 5.41 Å². The molecule has 208 valence electrons. The lowest BCUT2D eigenvalue weighted by Gasteiger charge is -2.29. The summed E-state index contributed by atoms with van der Waals surface area (Å²) in [7, 11) is 0. The van der Waals surface area contributed by atoms with Crippen molar-refractivity contribution in [1.82, 2.24) is 21.0 Å². The number of carbonyl (C=O) groups is 5. The summed E-state index contributed by atoms with van der Waals surface area (Å²) < 4.78 is 5.96. The lowest BCUT2D eigenvalue weighted by atomic mass is 9.90. The standard InChI is InChI=1S/C25H40N4O7S/c1-24(2,22(33)36-29-19(31)9-10-20(29)32)12-14-35-25(3,4)11-13-26-18(30)8-6-5-7-17-21-16(15-37-17)27-23(34)28-21/h16-17,21H,5-15H2,1-4H3,(H,26,30)(H2,27,28,34). The van der Waals surface area contributed by atoms with Gasteiger partial charge in [-0.2, -0.15) is 11.8 Å². The molecule has 0 radical (unpaired) electrons. The second-order valence-electron chi connectivity index (χ2n) is 11.2. The van der Waals surface area contributed by atoms with E-state index in [4.69, 9.17) is 9.57 Å². The predicted molar refractivity (Wildman–Crippen MR) is 137 cm³/mol. The van der Waals surface area contributed by atoms with Gasteiger partial charge in [0.15, 0.2) is 0 Å². The molecule has 37 heavy (non-hydrogen) atoms. The molecule has 3 aliphatic rings. The number of nitrogens with one attached hydrogen (secondary N) is 3. The first kappa shape index (κ1) is 29.2. The number of unbranched alkanes of at least 4 members (excludes halogenated alkanes) is 1. The van der Waals surface area contributed by atoms with Gasteiger partial charge in [-0.1, -0.05) is 6.42 Å². The smallest absolute Gasteiger partial charge is 0.338 e. The van der Waals surface area contributed by atoms with Crippen LogP contribution in [0.2, 0.25) is 0 Å². The number of rotatable bonds is 14. The number of urea groups is 1. The van der Waals surface area contributed by atoms with Crippen molar-refractivity contribution < 1.29 is 33.5 Å². The van der Waals surface area contributed by atoms with Gasteiger partial charge < -0.3 is 25.5 Å². The summed E-state index contributed by atoms with van der Waals surface area (Å²) in [6, 6.07) is 0.344. The molecule has 3 saturated heterocycles. The van der Waals surface area contributed by atoms with Crippen LogP contribution in [0.4, 0.5) is 4.79 Å². The van der Waals surface area contributed by atoms with E-state index in [0.29, 0.717) is 36.1 Å². The quantitative estimate of drug-likeness (QED) is 0.173. The first-order valence-corrected chi connectivity index (χ1v) is 14.1. The first-order chi connectivity index (χ1) is 17.4. The van der Waals surface area contributed by atoms with E-state index in [1.807, 2.05) is 25.6 Å². The summed E-state index contributed by atoms with van der Waals surface area (Å²) >= 11 is 1.88. The van der Waals surface area contributed by atoms with Gasteiger partial charge >= 0.3 is 12.0 Å². The summed E-state index contributed by atoms with van der Waals surface area (Å²) in [5, 5.41) is 9.85. The molecule has 3 unspecified atom stereocenters. The molecule has 3 N–H and O–H groups in total. The topological polar surface area (TPSA) is 143 Å². The van der Waals surface area contributed by atoms with Gasteiger partial charge in [0, 0.05) is 43.4 Å². The van der Waals surface area contributed by atoms with Crippen LogP contribution in [0.3, 0.4) is 0 Å². The minimum atomic E-state index is -0.939. The van der Waals surface area contributed by atoms with Gasteiger partial charge in [-0.3, -0.25) is 14.4 Å². The molecule has 0 aliphatic carbocycles. The fourth-order valence-corrected chi connectivity index (χ4v) is 6.03. The van der Waals surface area contributed by atoms with Crippen LogP contribution in [0.1, 0.15) is 79.1 Å². The summed E-state index contributed by atoms with van der Waals surface area (Å²) in [4.78, 5) is 64.5. The summed E-state index contributed by atoms with van der Waals surface area (Å²) in [5.41, 5.74) is -1.45. The monoisotopic (exact) mass is 540 g/mol. The summed E-state index contributed by atoms with van der Waals surface area (Å²) in [6.07, 6.45) is 4.26. The van der Waals surface area contributed by atoms with Crippen molar-refractivity contribution in [1.29, 1.82) is 0 Å². The van der Waals surface area contributed by atoms with Crippen LogP contribution in [0.25, 0.3) is 0 Å². The van der Waals surface area contributed by atoms with Gasteiger partial charge in [-0.25, -0.2) is 9.59 Å². The zero-order valence-corrected chi connectivity index (χ0v) is 23.0. The zero-order valence-electron chi connectivity index (χ0n) is 22.2. The van der Waals surface area contributed by atoms with E-state index in [0.717, 1.165) is 25.0 Å². The Kier molecular flexibility index (Phi) is 9.85. The molecule has 5 amide bonds. The zero-order chi connectivity index (χ0) is 27.2. The third kappa shape index (κ3) is 8.33. The second kappa shape index (κ2) is 12.5. The number of hydrogen-bond donors (Lipinski definition) is 3. The van der Waals surface area contributed by atoms with E-state index in [-0.39, 0.29) is 43.5 Å². The van der Waals surface area contributed by atoms with Crippen LogP contribution >= 0.6 is 11.8 Å². The number of fused-ring (bicyclic) bond motifs is 1. The Labute approximate surface area is 222 Å². The van der Waals surface area contributed by atoms with E-state index >= 15 is 0 Å². The Morgan fingerprint density at radius 3 is 2.46 bits per heavy atom. The average Bonchev–Trinajstić information content (AvgIpc) is 3.46. The van der Waals surface area contributed by atoms with Crippen LogP contribution in [-0.2, 0) is 28.8 Å². The number of hydroxylamine groups is 2. The van der Waals surface area contributed by atoms with E-state index in [9.17, 15) is 24.0 Å². The van der Waals surface area contributed by atoms with Gasteiger partial charge in [0.05, 0.1) is 23.1 Å². The molecule has 0 aromatic rings. The minimum Gasteiger partial charge on any atom is -0.375 e. The molecule has 12 heteroatoms. The van der Waals surface area contributed by atoms with Crippen molar-refractivity contribution in [2.45, 2.75) is 102 Å². The Morgan fingerprint density at radius 1 is 1.05 bits per heavy atom. The van der Waals surface area contributed by atoms with Gasteiger partial charge in [0.1, 0.15) is 0 Å². The number of hydrogen-bond acceptors (Lipinski definition) is 8. The maximum absolute atomic E-state index is 12.5. The summed E-state index contributed by atoms with van der Waals surface area (Å²) in [5.74, 6) is -0.708. The van der Waals surface area contributed by atoms with Crippen LogP contribution in [-0.4, -0.2) is 76.6 Å². The highest BCUT2D eigenvalue weighted by Gasteiger charge is 2.42. The lowest BCUT2D eigenvalue weighted by molar-refractivity contribution is -0.205. The molecule has 0 spiro atoms. The van der Waals surface area contributed by atoms with E-state index < -0.39 is 28.8 Å². The fraction of sp³-hybridized carbons (Fsp3) is 0.800. The maximum Gasteiger partial charge on any atom is 0.338 e. The number of carbonyl (C=O) groups excluding carboxylic acids is 5. The number of imide groups is 1. The Hall–Kier alpha value is -2.34. The van der Waals surface area contributed by atoms with Crippen LogP contribution in [0, 0.1) is 5.41 Å². The van der Waals surface area contributed by atoms with Crippen molar-refractivity contribution >= 4 is 41.5 Å². The van der Waals surface area contributed by atoms with E-state index in [2.05, 4.69) is 16.0 Å². The molecule has 3 rings (SSSR count). The molecule has 3 atom stereocenters. The van der Waals surface area contributed by atoms with Gasteiger partial charge in [-0.15, -0.1) is 5.06 Å². The molecular formula is C25H40N4O7S. The molecular weight excluding hydrogens is 500 g/mol. The third-order valence-electron chi connectivity index (χ3n) is 7.08. The molecule has 3 aliphatic heterocycles. The normalized spacial score (nSPS) is 23.6. The van der Waals surface area contributed by atoms with Crippen molar-refractivity contribution in [3.8, 4) is 0 Å². The molecule has 11 nitrogen and oxygen atoms in total. The highest BCUT2D eigenvalue weighted by atomic mass is 32.2. The van der Waals surface area contributed by atoms with Crippen LogP contribution in [0.15, 0.2) is 0 Å². The number of nitrogens with zero attached hydrogens (tertiary/aromatic N) is 1. The minimum absolute atomic E-state index is 0.0125. The van der Waals surface area contributed by atoms with Crippen molar-refractivity contribution in [2.75, 3.05) is 18.9 Å². The van der Waals surface area contributed by atoms with Crippen molar-refractivity contribution in [3.05, 3.63) is 0 Å². The SMILES string of the molecule is CC(C)(CCNC(=O)CCCCC1SCC2NC(=O)NC21)OCCC(C)(C)C(=O)ON1C(=O)CCC1=O. The summed E-state index contributed by atoms with van der Waals surface area (Å²) in [6.45, 7) is 7.98. The first-order valence-electron chi connectivity index (χ1n) is 13.1. The molecule has 0 bridgehead atoms. The average molecular weight is 541 g/mol. The highest BCUT2D eigenvalue weighted by molar-refractivity contribution is 8.00. The number of amides is 5. The van der Waals surface area contributed by atoms with Crippen molar-refractivity contribution in [3.63, 3.8) is 0 Å². The van der Waals surface area contributed by atoms with E-state index in [1.165, 1.54) is 0 Å². The largest absolute Gasteiger partial charge is 0.375 e. The molecule has 0 saturated carbocycles. The number of ether oxygens (including phenoxy) is 1. The van der Waals surface area contributed by atoms with Gasteiger partial charge in [0.25, 0.3) is 11.8 Å². The number of thioether (sulfide) groups is 1. The van der Waals surface area contributed by atoms with Crippen LogP contribution in [0.5, 0.6) is 0 Å². The maximum atomic E-state index is 12.5.